The van der Waals surface area contributed by atoms with Crippen LogP contribution in [0, 0.1) is 0 Å². The fourth-order valence-electron chi connectivity index (χ4n) is 4.20. The second kappa shape index (κ2) is 9.20. The van der Waals surface area contributed by atoms with E-state index in [-0.39, 0.29) is 6.10 Å². The lowest BCUT2D eigenvalue weighted by Gasteiger charge is -2.31. The van der Waals surface area contributed by atoms with Crippen LogP contribution in [0.25, 0.3) is 11.0 Å². The molecule has 8 nitrogen and oxygen atoms in total. The van der Waals surface area contributed by atoms with Crippen LogP contribution in [-0.2, 0) is 4.74 Å². The first-order chi connectivity index (χ1) is 15.2. The summed E-state index contributed by atoms with van der Waals surface area (Å²) in [5.41, 5.74) is 2.78. The van der Waals surface area contributed by atoms with Crippen molar-refractivity contribution in [1.82, 2.24) is 19.9 Å². The molecule has 2 fully saturated rings. The Bertz CT molecular complexity index is 1020. The molecule has 0 radical (unpaired) electrons. The van der Waals surface area contributed by atoms with Gasteiger partial charge in [0.05, 0.1) is 42.3 Å². The lowest BCUT2D eigenvalue weighted by Crippen LogP contribution is -2.36. The van der Waals surface area contributed by atoms with Gasteiger partial charge in [-0.15, -0.1) is 0 Å². The number of fused-ring (bicyclic) bond motifs is 1. The van der Waals surface area contributed by atoms with Crippen LogP contribution in [0.4, 0.5) is 11.6 Å². The van der Waals surface area contributed by atoms with Crippen LogP contribution < -0.4 is 15.0 Å². The molecule has 1 aliphatic carbocycles. The minimum atomic E-state index is 0.148. The minimum absolute atomic E-state index is 0.148. The van der Waals surface area contributed by atoms with Gasteiger partial charge in [-0.05, 0) is 31.7 Å². The summed E-state index contributed by atoms with van der Waals surface area (Å²) in [6.07, 6.45) is 10.7. The summed E-state index contributed by atoms with van der Waals surface area (Å²) in [4.78, 5) is 19.8. The number of benzene rings is 1. The Hall–Kier alpha value is -2.71. The third-order valence-corrected chi connectivity index (χ3v) is 6.02. The van der Waals surface area contributed by atoms with Gasteiger partial charge in [-0.2, -0.15) is 0 Å². The van der Waals surface area contributed by atoms with Crippen LogP contribution in [0.15, 0.2) is 36.9 Å². The molecule has 0 spiro atoms. The Morgan fingerprint density at radius 3 is 2.48 bits per heavy atom. The second-order valence-electron chi connectivity index (χ2n) is 7.93. The van der Waals surface area contributed by atoms with Gasteiger partial charge in [0.15, 0.2) is 0 Å². The van der Waals surface area contributed by atoms with Crippen molar-refractivity contribution in [1.29, 1.82) is 0 Å². The first-order valence-electron chi connectivity index (χ1n) is 10.7. The molecule has 2 aromatic heterocycles. The lowest BCUT2D eigenvalue weighted by molar-refractivity contribution is 0.122. The summed E-state index contributed by atoms with van der Waals surface area (Å²) in [7, 11) is 0. The highest BCUT2D eigenvalue weighted by Gasteiger charge is 2.24. The maximum absolute atomic E-state index is 6.48. The second-order valence-corrected chi connectivity index (χ2v) is 8.36. The Morgan fingerprint density at radius 2 is 1.71 bits per heavy atom. The molecule has 1 saturated carbocycles. The van der Waals surface area contributed by atoms with Crippen LogP contribution in [0.1, 0.15) is 25.7 Å². The number of halogens is 1. The number of nitrogens with one attached hydrogen (secondary N) is 1. The smallest absolute Gasteiger partial charge is 0.222 e. The molecule has 1 aliphatic heterocycles. The van der Waals surface area contributed by atoms with Crippen molar-refractivity contribution < 1.29 is 9.47 Å². The molecule has 162 valence electrons. The average molecular weight is 441 g/mol. The first kappa shape index (κ1) is 20.2. The summed E-state index contributed by atoms with van der Waals surface area (Å²) in [5, 5.41) is 3.94. The predicted molar refractivity (Wildman–Crippen MR) is 120 cm³/mol. The molecule has 31 heavy (non-hydrogen) atoms. The van der Waals surface area contributed by atoms with E-state index in [2.05, 4.69) is 42.3 Å². The van der Waals surface area contributed by atoms with E-state index in [9.17, 15) is 0 Å². The van der Waals surface area contributed by atoms with Crippen molar-refractivity contribution in [3.05, 3.63) is 41.9 Å². The Kier molecular flexibility index (Phi) is 5.99. The van der Waals surface area contributed by atoms with Crippen LogP contribution >= 0.6 is 11.6 Å². The zero-order valence-electron chi connectivity index (χ0n) is 17.2. The number of nitrogens with zero attached hydrogens (tertiary/aromatic N) is 5. The molecule has 1 aromatic carbocycles. The summed E-state index contributed by atoms with van der Waals surface area (Å²) in [6.45, 7) is 3.22. The van der Waals surface area contributed by atoms with Crippen molar-refractivity contribution in [3.8, 4) is 5.75 Å². The Balaban J connectivity index is 1.27. The summed E-state index contributed by atoms with van der Waals surface area (Å²) in [6, 6.07) is 4.53. The van der Waals surface area contributed by atoms with Crippen molar-refractivity contribution in [2.24, 2.45) is 0 Å². The number of aromatic nitrogens is 4. The predicted octanol–water partition coefficient (Wildman–Crippen LogP) is 3.71. The van der Waals surface area contributed by atoms with Gasteiger partial charge in [-0.25, -0.2) is 15.0 Å². The molecule has 0 bridgehead atoms. The summed E-state index contributed by atoms with van der Waals surface area (Å²) >= 11 is 5.86. The largest absolute Gasteiger partial charge is 0.488 e. The van der Waals surface area contributed by atoms with Crippen LogP contribution in [0.2, 0.25) is 5.02 Å². The van der Waals surface area contributed by atoms with Gasteiger partial charge in [0.1, 0.15) is 11.3 Å². The number of anilines is 2. The van der Waals surface area contributed by atoms with Gasteiger partial charge in [0.2, 0.25) is 5.95 Å². The molecule has 2 aliphatic rings. The third-order valence-electron chi connectivity index (χ3n) is 5.82. The lowest BCUT2D eigenvalue weighted by atomic mass is 9.93. The van der Waals surface area contributed by atoms with Crippen LogP contribution in [0.3, 0.4) is 0 Å². The molecule has 5 rings (SSSR count). The van der Waals surface area contributed by atoms with E-state index < -0.39 is 0 Å². The zero-order valence-corrected chi connectivity index (χ0v) is 18.0. The van der Waals surface area contributed by atoms with Gasteiger partial charge < -0.3 is 19.7 Å². The fourth-order valence-corrected chi connectivity index (χ4v) is 4.29. The number of hydrogen-bond acceptors (Lipinski definition) is 8. The molecule has 3 aromatic rings. The molecule has 3 heterocycles. The van der Waals surface area contributed by atoms with E-state index in [1.807, 2.05) is 0 Å². The van der Waals surface area contributed by atoms with Crippen molar-refractivity contribution in [2.75, 3.05) is 36.5 Å². The Morgan fingerprint density at radius 1 is 0.968 bits per heavy atom. The van der Waals surface area contributed by atoms with Gasteiger partial charge in [0, 0.05) is 43.3 Å². The van der Waals surface area contributed by atoms with Gasteiger partial charge >= 0.3 is 0 Å². The summed E-state index contributed by atoms with van der Waals surface area (Å²) < 4.78 is 12.0. The van der Waals surface area contributed by atoms with Gasteiger partial charge in [-0.1, -0.05) is 11.6 Å². The first-order valence-corrected chi connectivity index (χ1v) is 11.1. The molecule has 0 unspecified atom stereocenters. The van der Waals surface area contributed by atoms with Crippen LogP contribution in [0.5, 0.6) is 5.75 Å². The highest BCUT2D eigenvalue weighted by atomic mass is 35.5. The quantitative estimate of drug-likeness (QED) is 0.642. The highest BCUT2D eigenvalue weighted by Crippen LogP contribution is 2.33. The SMILES string of the molecule is Clc1cnc(N[C@H]2CC[C@@H](Oc3cc(N4CCOCC4)cc4nccnc34)CC2)nc1. The maximum atomic E-state index is 6.48. The fraction of sp³-hybridized carbons (Fsp3) is 0.455. The normalized spacial score (nSPS) is 21.8. The van der Waals surface area contributed by atoms with Crippen molar-refractivity contribution in [3.63, 3.8) is 0 Å². The molecule has 1 saturated heterocycles. The van der Waals surface area contributed by atoms with E-state index in [1.165, 1.54) is 0 Å². The topological polar surface area (TPSA) is 85.3 Å². The number of morpholine rings is 1. The van der Waals surface area contributed by atoms with E-state index in [4.69, 9.17) is 21.1 Å². The number of rotatable bonds is 5. The van der Waals surface area contributed by atoms with Crippen molar-refractivity contribution >= 4 is 34.3 Å². The monoisotopic (exact) mass is 440 g/mol. The molecular formula is C22H25ClN6O2. The molecule has 1 N–H and O–H groups in total. The van der Waals surface area contributed by atoms with Crippen LogP contribution in [-0.4, -0.2) is 58.4 Å². The van der Waals surface area contributed by atoms with E-state index >= 15 is 0 Å². The summed E-state index contributed by atoms with van der Waals surface area (Å²) in [5.74, 6) is 1.43. The van der Waals surface area contributed by atoms with Gasteiger partial charge in [-0.3, -0.25) is 4.98 Å². The molecular weight excluding hydrogens is 416 g/mol. The maximum Gasteiger partial charge on any atom is 0.222 e. The highest BCUT2D eigenvalue weighted by molar-refractivity contribution is 6.30. The average Bonchev–Trinajstić information content (AvgIpc) is 2.82. The van der Waals surface area contributed by atoms with Gasteiger partial charge in [0.25, 0.3) is 0 Å². The van der Waals surface area contributed by atoms with E-state index in [0.29, 0.717) is 17.0 Å². The van der Waals surface area contributed by atoms with E-state index in [0.717, 1.165) is 74.5 Å². The molecule has 0 atom stereocenters. The molecule has 9 heteroatoms. The molecule has 0 amide bonds. The van der Waals surface area contributed by atoms with E-state index in [1.54, 1.807) is 24.8 Å². The Labute approximate surface area is 186 Å². The number of ether oxygens (including phenoxy) is 2. The minimum Gasteiger partial charge on any atom is -0.488 e. The third kappa shape index (κ3) is 4.80. The van der Waals surface area contributed by atoms with Crippen molar-refractivity contribution in [2.45, 2.75) is 37.8 Å². The zero-order chi connectivity index (χ0) is 21.0. The number of hydrogen-bond donors (Lipinski definition) is 1. The standard InChI is InChI=1S/C22H25ClN6O2/c23-15-13-26-22(27-14-15)28-16-1-3-18(4-2-16)31-20-12-17(29-7-9-30-10-8-29)11-19-21(20)25-6-5-24-19/h5-6,11-14,16,18H,1-4,7-10H2,(H,26,27,28)/t16-,18+.